The molecule has 1 saturated heterocycles. The highest BCUT2D eigenvalue weighted by molar-refractivity contribution is 5.76. The average Bonchev–Trinajstić information content (AvgIpc) is 2.56. The van der Waals surface area contributed by atoms with Crippen LogP contribution in [0.1, 0.15) is 18.9 Å². The Morgan fingerprint density at radius 1 is 1.21 bits per heavy atom. The topological polar surface area (TPSA) is 56.8 Å². The van der Waals surface area contributed by atoms with Gasteiger partial charge in [-0.05, 0) is 38.2 Å². The van der Waals surface area contributed by atoms with Gasteiger partial charge in [-0.3, -0.25) is 4.79 Å². The fraction of sp³-hybridized carbons (Fsp3) is 0.562. The van der Waals surface area contributed by atoms with Crippen molar-refractivity contribution in [2.75, 3.05) is 20.3 Å². The van der Waals surface area contributed by atoms with Crippen molar-refractivity contribution in [1.29, 1.82) is 0 Å². The molecule has 1 fully saturated rings. The van der Waals surface area contributed by atoms with E-state index < -0.39 is 36.0 Å². The highest BCUT2D eigenvalue weighted by Gasteiger charge is 2.30. The van der Waals surface area contributed by atoms with Crippen molar-refractivity contribution in [3.05, 3.63) is 29.8 Å². The van der Waals surface area contributed by atoms with Gasteiger partial charge in [0.2, 0.25) is 0 Å². The number of halogens is 3. The zero-order chi connectivity index (χ0) is 17.7. The number of benzene rings is 1. The Balaban J connectivity index is 2.01. The Kier molecular flexibility index (Phi) is 6.06. The van der Waals surface area contributed by atoms with Gasteiger partial charge in [0.15, 0.2) is 0 Å². The molecular formula is C16H20F3NO4. The standard InChI is InChI=1S/C16H20F3NO4/c1-10-7-13(8-22-9-14(20-2)15(21)23-10)24-12-5-3-11(4-6-12)16(17,18)19/h3-6,10,13-14,20H,7-9H2,1-2H3/t10?,13?,14-/m0/s1. The lowest BCUT2D eigenvalue weighted by Gasteiger charge is -2.21. The summed E-state index contributed by atoms with van der Waals surface area (Å²) in [6, 6.07) is 3.90. The van der Waals surface area contributed by atoms with Crippen LogP contribution in [-0.2, 0) is 20.4 Å². The van der Waals surface area contributed by atoms with Gasteiger partial charge >= 0.3 is 12.1 Å². The Bertz CT molecular complexity index is 547. The van der Waals surface area contributed by atoms with Gasteiger partial charge in [0.1, 0.15) is 24.0 Å². The molecule has 1 aromatic carbocycles. The molecule has 1 heterocycles. The summed E-state index contributed by atoms with van der Waals surface area (Å²) in [6.07, 6.45) is -4.83. The van der Waals surface area contributed by atoms with Crippen LogP contribution >= 0.6 is 0 Å². The van der Waals surface area contributed by atoms with Crippen LogP contribution in [0.5, 0.6) is 5.75 Å². The highest BCUT2D eigenvalue weighted by atomic mass is 19.4. The number of cyclic esters (lactones) is 1. The first-order valence-electron chi connectivity index (χ1n) is 7.59. The minimum atomic E-state index is -4.38. The number of carbonyl (C=O) groups is 1. The number of hydrogen-bond donors (Lipinski definition) is 1. The molecule has 8 heteroatoms. The van der Waals surface area contributed by atoms with Crippen LogP contribution in [0.3, 0.4) is 0 Å². The number of likely N-dealkylation sites (N-methyl/N-ethyl adjacent to an activating group) is 1. The van der Waals surface area contributed by atoms with E-state index in [1.165, 1.54) is 12.1 Å². The van der Waals surface area contributed by atoms with Gasteiger partial charge in [-0.1, -0.05) is 0 Å². The van der Waals surface area contributed by atoms with Crippen molar-refractivity contribution in [3.8, 4) is 5.75 Å². The third kappa shape index (κ3) is 5.10. The van der Waals surface area contributed by atoms with Crippen LogP contribution < -0.4 is 10.1 Å². The summed E-state index contributed by atoms with van der Waals surface area (Å²) in [5.74, 6) is -0.0975. The van der Waals surface area contributed by atoms with Crippen LogP contribution in [0.2, 0.25) is 0 Å². The van der Waals surface area contributed by atoms with Gasteiger partial charge in [0.05, 0.1) is 18.8 Å². The number of alkyl halides is 3. The first kappa shape index (κ1) is 18.5. The fourth-order valence-electron chi connectivity index (χ4n) is 2.35. The van der Waals surface area contributed by atoms with Crippen LogP contribution in [0.4, 0.5) is 13.2 Å². The molecule has 24 heavy (non-hydrogen) atoms. The third-order valence-corrected chi connectivity index (χ3v) is 3.62. The van der Waals surface area contributed by atoms with Gasteiger partial charge in [-0.15, -0.1) is 0 Å². The number of hydrogen-bond acceptors (Lipinski definition) is 5. The maximum absolute atomic E-state index is 12.6. The molecule has 0 amide bonds. The molecule has 134 valence electrons. The van der Waals surface area contributed by atoms with E-state index in [0.29, 0.717) is 12.2 Å². The quantitative estimate of drug-likeness (QED) is 0.851. The number of carbonyl (C=O) groups excluding carboxylic acids is 1. The average molecular weight is 347 g/mol. The van der Waals surface area contributed by atoms with E-state index in [4.69, 9.17) is 14.2 Å². The van der Waals surface area contributed by atoms with Gasteiger partial charge in [-0.25, -0.2) is 0 Å². The molecule has 0 bridgehead atoms. The Hall–Kier alpha value is -1.80. The zero-order valence-electron chi connectivity index (χ0n) is 13.4. The van der Waals surface area contributed by atoms with E-state index in [9.17, 15) is 18.0 Å². The van der Waals surface area contributed by atoms with E-state index in [0.717, 1.165) is 12.1 Å². The lowest BCUT2D eigenvalue weighted by molar-refractivity contribution is -0.151. The molecule has 1 aliphatic heterocycles. The molecule has 1 N–H and O–H groups in total. The predicted octanol–water partition coefficient (Wildman–Crippen LogP) is 2.39. The van der Waals surface area contributed by atoms with Gasteiger partial charge in [-0.2, -0.15) is 13.2 Å². The second-order valence-electron chi connectivity index (χ2n) is 5.62. The number of esters is 1. The smallest absolute Gasteiger partial charge is 0.416 e. The maximum atomic E-state index is 12.6. The molecule has 1 aromatic rings. The molecule has 2 unspecified atom stereocenters. The summed E-state index contributed by atoms with van der Waals surface area (Å²) in [5, 5.41) is 2.81. The predicted molar refractivity (Wildman–Crippen MR) is 79.7 cm³/mol. The van der Waals surface area contributed by atoms with Crippen molar-refractivity contribution in [3.63, 3.8) is 0 Å². The zero-order valence-corrected chi connectivity index (χ0v) is 13.4. The second kappa shape index (κ2) is 7.85. The normalized spacial score (nSPS) is 26.0. The van der Waals surface area contributed by atoms with E-state index in [1.807, 2.05) is 0 Å². The van der Waals surface area contributed by atoms with Crippen LogP contribution in [-0.4, -0.2) is 44.5 Å². The molecular weight excluding hydrogens is 327 g/mol. The summed E-state index contributed by atoms with van der Waals surface area (Å²) in [6.45, 7) is 2.08. The van der Waals surface area contributed by atoms with Gasteiger partial charge in [0.25, 0.3) is 0 Å². The monoisotopic (exact) mass is 347 g/mol. The summed E-state index contributed by atoms with van der Waals surface area (Å²) in [4.78, 5) is 11.8. The van der Waals surface area contributed by atoms with Gasteiger partial charge in [0, 0.05) is 6.42 Å². The van der Waals surface area contributed by atoms with Crippen molar-refractivity contribution in [1.82, 2.24) is 5.32 Å². The summed E-state index contributed by atoms with van der Waals surface area (Å²) < 4.78 is 54.1. The van der Waals surface area contributed by atoms with E-state index >= 15 is 0 Å². The van der Waals surface area contributed by atoms with Crippen molar-refractivity contribution < 1.29 is 32.2 Å². The number of nitrogens with one attached hydrogen (secondary N) is 1. The van der Waals surface area contributed by atoms with E-state index in [-0.39, 0.29) is 13.2 Å². The molecule has 0 aliphatic carbocycles. The first-order chi connectivity index (χ1) is 11.3. The third-order valence-electron chi connectivity index (χ3n) is 3.62. The van der Waals surface area contributed by atoms with Crippen LogP contribution in [0.25, 0.3) is 0 Å². The van der Waals surface area contributed by atoms with Crippen molar-refractivity contribution in [2.45, 2.75) is 37.8 Å². The Morgan fingerprint density at radius 3 is 2.46 bits per heavy atom. The Labute approximate surface area is 138 Å². The number of rotatable bonds is 3. The van der Waals surface area contributed by atoms with E-state index in [2.05, 4.69) is 5.32 Å². The van der Waals surface area contributed by atoms with Gasteiger partial charge < -0.3 is 19.5 Å². The largest absolute Gasteiger partial charge is 0.488 e. The van der Waals surface area contributed by atoms with Crippen LogP contribution in [0.15, 0.2) is 24.3 Å². The lowest BCUT2D eigenvalue weighted by Crippen LogP contribution is -2.40. The number of ether oxygens (including phenoxy) is 3. The minimum absolute atomic E-state index is 0.134. The molecule has 3 atom stereocenters. The molecule has 1 aliphatic rings. The molecule has 0 radical (unpaired) electrons. The molecule has 0 spiro atoms. The Morgan fingerprint density at radius 2 is 1.88 bits per heavy atom. The fourth-order valence-corrected chi connectivity index (χ4v) is 2.35. The first-order valence-corrected chi connectivity index (χ1v) is 7.59. The lowest BCUT2D eigenvalue weighted by atomic mass is 10.1. The molecule has 2 rings (SSSR count). The highest BCUT2D eigenvalue weighted by Crippen LogP contribution is 2.30. The van der Waals surface area contributed by atoms with Crippen molar-refractivity contribution in [2.24, 2.45) is 0 Å². The summed E-state index contributed by atoms with van der Waals surface area (Å²) in [7, 11) is 1.63. The SMILES string of the molecule is CN[C@H]1COCC(Oc2ccc(C(F)(F)F)cc2)CC(C)OC1=O. The van der Waals surface area contributed by atoms with Crippen LogP contribution in [0, 0.1) is 0 Å². The molecule has 0 aromatic heterocycles. The van der Waals surface area contributed by atoms with E-state index in [1.54, 1.807) is 14.0 Å². The molecule has 5 nitrogen and oxygen atoms in total. The summed E-state index contributed by atoms with van der Waals surface area (Å²) >= 11 is 0. The second-order valence-corrected chi connectivity index (χ2v) is 5.62. The summed E-state index contributed by atoms with van der Waals surface area (Å²) in [5.41, 5.74) is -0.736. The minimum Gasteiger partial charge on any atom is -0.488 e. The van der Waals surface area contributed by atoms with Crippen molar-refractivity contribution >= 4 is 5.97 Å². The molecule has 0 saturated carbocycles. The maximum Gasteiger partial charge on any atom is 0.416 e.